The highest BCUT2D eigenvalue weighted by Gasteiger charge is 2.63. The minimum absolute atomic E-state index is 0.160. The highest BCUT2D eigenvalue weighted by Crippen LogP contribution is 2.63. The fourth-order valence-corrected chi connectivity index (χ4v) is 6.09. The van der Waals surface area contributed by atoms with Gasteiger partial charge in [-0.3, -0.25) is 14.8 Å². The van der Waals surface area contributed by atoms with Gasteiger partial charge in [0.15, 0.2) is 0 Å². The summed E-state index contributed by atoms with van der Waals surface area (Å²) >= 11 is 0. The lowest BCUT2D eigenvalue weighted by Gasteiger charge is -2.58. The van der Waals surface area contributed by atoms with Gasteiger partial charge in [0.05, 0.1) is 18.9 Å². The average molecular weight is 395 g/mol. The summed E-state index contributed by atoms with van der Waals surface area (Å²) in [6, 6.07) is 9.82. The summed E-state index contributed by atoms with van der Waals surface area (Å²) in [5.41, 5.74) is 3.34. The standard InChI is InChI=1S/C23H30N4O2/c1-22(2)14-23(15-26-9-11-29-12-10-26)16-27(13-20(22)23)21(28)18-5-3-17(4-6-18)19-7-8-24-25-19/h3-8,20H,9-16H2,1-2H3,(H,24,25)/t20-,23+/m1/s1. The van der Waals surface area contributed by atoms with Crippen molar-refractivity contribution in [3.8, 4) is 11.3 Å². The summed E-state index contributed by atoms with van der Waals surface area (Å²) in [4.78, 5) is 17.9. The number of nitrogens with zero attached hydrogens (tertiary/aromatic N) is 3. The van der Waals surface area contributed by atoms with Crippen LogP contribution >= 0.6 is 0 Å². The van der Waals surface area contributed by atoms with Crippen molar-refractivity contribution in [2.24, 2.45) is 16.7 Å². The van der Waals surface area contributed by atoms with E-state index in [0.717, 1.165) is 62.8 Å². The molecule has 0 unspecified atom stereocenters. The molecule has 0 bridgehead atoms. The molecule has 1 amide bonds. The summed E-state index contributed by atoms with van der Waals surface area (Å²) in [5.74, 6) is 0.735. The summed E-state index contributed by atoms with van der Waals surface area (Å²) in [6.45, 7) is 11.2. The van der Waals surface area contributed by atoms with Gasteiger partial charge in [-0.05, 0) is 41.5 Å². The number of hydrogen-bond acceptors (Lipinski definition) is 4. The van der Waals surface area contributed by atoms with Gasteiger partial charge in [0.2, 0.25) is 0 Å². The van der Waals surface area contributed by atoms with Crippen molar-refractivity contribution in [2.45, 2.75) is 20.3 Å². The molecule has 0 radical (unpaired) electrons. The Hall–Kier alpha value is -2.18. The van der Waals surface area contributed by atoms with Gasteiger partial charge in [0, 0.05) is 49.9 Å². The predicted octanol–water partition coefficient (Wildman–Crippen LogP) is 2.90. The van der Waals surface area contributed by atoms with Crippen LogP contribution in [0.5, 0.6) is 0 Å². The Balaban J connectivity index is 1.32. The number of fused-ring (bicyclic) bond motifs is 1. The number of aromatic amines is 1. The Morgan fingerprint density at radius 1 is 1.21 bits per heavy atom. The second kappa shape index (κ2) is 6.96. The van der Waals surface area contributed by atoms with Crippen molar-refractivity contribution in [2.75, 3.05) is 45.9 Å². The average Bonchev–Trinajstić information content (AvgIpc) is 3.35. The summed E-state index contributed by atoms with van der Waals surface area (Å²) in [6.07, 6.45) is 2.94. The Morgan fingerprint density at radius 2 is 1.97 bits per heavy atom. The van der Waals surface area contributed by atoms with E-state index in [1.165, 1.54) is 6.42 Å². The molecule has 1 aromatic carbocycles. The van der Waals surface area contributed by atoms with Crippen LogP contribution in [0, 0.1) is 16.7 Å². The fraction of sp³-hybridized carbons (Fsp3) is 0.565. The SMILES string of the molecule is CC1(C)C[C@]2(CN3CCOCC3)CN(C(=O)c3ccc(-c4ccn[nH]4)cc3)C[C@H]12. The van der Waals surface area contributed by atoms with Gasteiger partial charge in [-0.2, -0.15) is 5.10 Å². The van der Waals surface area contributed by atoms with Crippen LogP contribution in [-0.2, 0) is 4.74 Å². The van der Waals surface area contributed by atoms with Crippen LogP contribution < -0.4 is 0 Å². The molecule has 3 aliphatic rings. The molecule has 154 valence electrons. The zero-order chi connectivity index (χ0) is 20.1. The minimum Gasteiger partial charge on any atom is -0.379 e. The maximum absolute atomic E-state index is 13.3. The first-order valence-corrected chi connectivity index (χ1v) is 10.7. The van der Waals surface area contributed by atoms with E-state index >= 15 is 0 Å². The lowest BCUT2D eigenvalue weighted by Crippen LogP contribution is -2.59. The van der Waals surface area contributed by atoms with Crippen molar-refractivity contribution in [3.05, 3.63) is 42.1 Å². The normalized spacial score (nSPS) is 28.8. The Kier molecular flexibility index (Phi) is 4.51. The molecule has 29 heavy (non-hydrogen) atoms. The van der Waals surface area contributed by atoms with E-state index in [9.17, 15) is 4.79 Å². The van der Waals surface area contributed by atoms with Gasteiger partial charge in [0.25, 0.3) is 5.91 Å². The highest BCUT2D eigenvalue weighted by molar-refractivity contribution is 5.95. The molecule has 2 aliphatic heterocycles. The lowest BCUT2D eigenvalue weighted by molar-refractivity contribution is -0.0966. The van der Waals surface area contributed by atoms with Crippen molar-refractivity contribution in [3.63, 3.8) is 0 Å². The second-order valence-electron chi connectivity index (χ2n) is 9.70. The van der Waals surface area contributed by atoms with Gasteiger partial charge in [-0.15, -0.1) is 0 Å². The molecule has 3 fully saturated rings. The number of H-pyrrole nitrogens is 1. The van der Waals surface area contributed by atoms with Gasteiger partial charge in [-0.25, -0.2) is 0 Å². The van der Waals surface area contributed by atoms with Crippen LogP contribution in [0.3, 0.4) is 0 Å². The molecule has 6 nitrogen and oxygen atoms in total. The molecule has 6 heteroatoms. The third kappa shape index (κ3) is 3.28. The number of amides is 1. The molecule has 2 atom stereocenters. The van der Waals surface area contributed by atoms with E-state index in [2.05, 4.69) is 33.8 Å². The van der Waals surface area contributed by atoms with Crippen molar-refractivity contribution < 1.29 is 9.53 Å². The van der Waals surface area contributed by atoms with Gasteiger partial charge in [0.1, 0.15) is 0 Å². The molecule has 1 aromatic heterocycles. The molecule has 3 heterocycles. The zero-order valence-electron chi connectivity index (χ0n) is 17.4. The number of likely N-dealkylation sites (tertiary alicyclic amines) is 1. The third-order valence-corrected chi connectivity index (χ3v) is 7.27. The molecular formula is C23H30N4O2. The first-order valence-electron chi connectivity index (χ1n) is 10.7. The number of nitrogens with one attached hydrogen (secondary N) is 1. The van der Waals surface area contributed by atoms with Crippen LogP contribution in [0.1, 0.15) is 30.6 Å². The third-order valence-electron chi connectivity index (χ3n) is 7.27. The van der Waals surface area contributed by atoms with Crippen molar-refractivity contribution in [1.29, 1.82) is 0 Å². The van der Waals surface area contributed by atoms with E-state index in [0.29, 0.717) is 11.3 Å². The monoisotopic (exact) mass is 394 g/mol. The topological polar surface area (TPSA) is 61.5 Å². The largest absolute Gasteiger partial charge is 0.379 e. The predicted molar refractivity (Wildman–Crippen MR) is 112 cm³/mol. The lowest BCUT2D eigenvalue weighted by atomic mass is 9.48. The van der Waals surface area contributed by atoms with E-state index in [1.54, 1.807) is 6.20 Å². The van der Waals surface area contributed by atoms with Crippen LogP contribution in [0.25, 0.3) is 11.3 Å². The first kappa shape index (κ1) is 18.8. The zero-order valence-corrected chi connectivity index (χ0v) is 17.4. The second-order valence-corrected chi connectivity index (χ2v) is 9.70. The summed E-state index contributed by atoms with van der Waals surface area (Å²) in [5, 5.41) is 6.97. The number of carbonyl (C=O) groups excluding carboxylic acids is 1. The number of hydrogen-bond donors (Lipinski definition) is 1. The number of rotatable bonds is 4. The molecule has 2 aromatic rings. The molecule has 1 N–H and O–H groups in total. The smallest absolute Gasteiger partial charge is 0.253 e. The number of ether oxygens (including phenoxy) is 1. The number of benzene rings is 1. The first-order chi connectivity index (χ1) is 14.0. The molecule has 2 saturated heterocycles. The highest BCUT2D eigenvalue weighted by atomic mass is 16.5. The van der Waals surface area contributed by atoms with Crippen molar-refractivity contribution >= 4 is 5.91 Å². The van der Waals surface area contributed by atoms with Crippen LogP contribution in [0.2, 0.25) is 0 Å². The molecule has 1 aliphatic carbocycles. The summed E-state index contributed by atoms with van der Waals surface area (Å²) < 4.78 is 5.52. The Bertz CT molecular complexity index is 871. The van der Waals surface area contributed by atoms with E-state index < -0.39 is 0 Å². The van der Waals surface area contributed by atoms with E-state index in [1.807, 2.05) is 30.3 Å². The number of morpholine rings is 1. The van der Waals surface area contributed by atoms with Crippen LogP contribution in [0.4, 0.5) is 0 Å². The molecule has 5 rings (SSSR count). The van der Waals surface area contributed by atoms with Gasteiger partial charge < -0.3 is 9.64 Å². The van der Waals surface area contributed by atoms with Crippen LogP contribution in [0.15, 0.2) is 36.5 Å². The number of carbonyl (C=O) groups is 1. The Labute approximate surface area is 172 Å². The van der Waals surface area contributed by atoms with Gasteiger partial charge >= 0.3 is 0 Å². The fourth-order valence-electron chi connectivity index (χ4n) is 6.09. The Morgan fingerprint density at radius 3 is 2.62 bits per heavy atom. The van der Waals surface area contributed by atoms with Crippen molar-refractivity contribution in [1.82, 2.24) is 20.0 Å². The van der Waals surface area contributed by atoms with E-state index in [-0.39, 0.29) is 11.3 Å². The molecular weight excluding hydrogens is 364 g/mol. The minimum atomic E-state index is 0.160. The maximum Gasteiger partial charge on any atom is 0.253 e. The molecule has 1 saturated carbocycles. The van der Waals surface area contributed by atoms with E-state index in [4.69, 9.17) is 4.74 Å². The maximum atomic E-state index is 13.3. The summed E-state index contributed by atoms with van der Waals surface area (Å²) in [7, 11) is 0. The van der Waals surface area contributed by atoms with Crippen LogP contribution in [-0.4, -0.2) is 71.8 Å². The quantitative estimate of drug-likeness (QED) is 0.866. The number of aromatic nitrogens is 2. The molecule has 0 spiro atoms. The van der Waals surface area contributed by atoms with Gasteiger partial charge in [-0.1, -0.05) is 26.0 Å².